The molecule has 0 spiro atoms. The number of hydrogen-bond donors (Lipinski definition) is 1. The van der Waals surface area contributed by atoms with Gasteiger partial charge in [0, 0.05) is 12.7 Å². The van der Waals surface area contributed by atoms with Crippen molar-refractivity contribution in [2.45, 2.75) is 33.1 Å². The topological polar surface area (TPSA) is 72.7 Å². The van der Waals surface area contributed by atoms with Gasteiger partial charge in [0.1, 0.15) is 4.88 Å². The SMILES string of the molecule is CCc1nnsc1C(=O)NCCCc1cn(-c2ccccc2)nc1C. The lowest BCUT2D eigenvalue weighted by atomic mass is 10.1. The van der Waals surface area contributed by atoms with Crippen molar-refractivity contribution in [3.05, 3.63) is 58.4 Å². The molecule has 3 aromatic rings. The maximum Gasteiger partial charge on any atom is 0.264 e. The molecular weight excluding hydrogens is 334 g/mol. The number of aromatic nitrogens is 4. The van der Waals surface area contributed by atoms with Crippen molar-refractivity contribution in [3.8, 4) is 5.69 Å². The number of hydrogen-bond acceptors (Lipinski definition) is 5. The van der Waals surface area contributed by atoms with Gasteiger partial charge in [0.05, 0.1) is 17.1 Å². The number of para-hydroxylation sites is 1. The van der Waals surface area contributed by atoms with Crippen molar-refractivity contribution in [2.75, 3.05) is 6.54 Å². The number of nitrogens with zero attached hydrogens (tertiary/aromatic N) is 4. The minimum absolute atomic E-state index is 0.0800. The molecule has 0 aliphatic heterocycles. The van der Waals surface area contributed by atoms with Crippen LogP contribution < -0.4 is 5.32 Å². The van der Waals surface area contributed by atoms with Crippen LogP contribution in [0.1, 0.15) is 40.0 Å². The molecule has 7 heteroatoms. The number of rotatable bonds is 7. The highest BCUT2D eigenvalue weighted by atomic mass is 32.1. The summed E-state index contributed by atoms with van der Waals surface area (Å²) in [5, 5.41) is 11.5. The second kappa shape index (κ2) is 8.02. The molecule has 0 aliphatic carbocycles. The van der Waals surface area contributed by atoms with Gasteiger partial charge in [-0.15, -0.1) is 5.10 Å². The summed E-state index contributed by atoms with van der Waals surface area (Å²) in [7, 11) is 0. The number of nitrogens with one attached hydrogen (secondary N) is 1. The van der Waals surface area contributed by atoms with Gasteiger partial charge in [-0.05, 0) is 55.4 Å². The third-order valence-corrected chi connectivity index (χ3v) is 4.79. The van der Waals surface area contributed by atoms with Crippen LogP contribution in [0.4, 0.5) is 0 Å². The molecule has 1 amide bonds. The quantitative estimate of drug-likeness (QED) is 0.661. The molecule has 2 heterocycles. The number of aryl methyl sites for hydroxylation is 3. The summed E-state index contributed by atoms with van der Waals surface area (Å²) < 4.78 is 5.76. The fraction of sp³-hybridized carbons (Fsp3) is 0.333. The van der Waals surface area contributed by atoms with E-state index in [1.807, 2.05) is 48.9 Å². The standard InChI is InChI=1S/C18H21N5OS/c1-3-16-17(25-22-20-16)18(24)19-11-7-8-14-12-23(21-13(14)2)15-9-5-4-6-10-15/h4-6,9-10,12H,3,7-8,11H2,1-2H3,(H,19,24). The number of carbonyl (C=O) groups excluding carboxylic acids is 1. The van der Waals surface area contributed by atoms with Gasteiger partial charge in [0.25, 0.3) is 5.91 Å². The van der Waals surface area contributed by atoms with E-state index in [2.05, 4.69) is 26.2 Å². The molecule has 0 saturated heterocycles. The molecule has 3 rings (SSSR count). The maximum atomic E-state index is 12.2. The number of amides is 1. The molecule has 0 fully saturated rings. The van der Waals surface area contributed by atoms with Gasteiger partial charge in [0.2, 0.25) is 0 Å². The normalized spacial score (nSPS) is 10.8. The first kappa shape index (κ1) is 17.3. The van der Waals surface area contributed by atoms with Crippen LogP contribution in [0.5, 0.6) is 0 Å². The second-order valence-electron chi connectivity index (χ2n) is 5.78. The highest BCUT2D eigenvalue weighted by Crippen LogP contribution is 2.14. The van der Waals surface area contributed by atoms with Crippen LogP contribution >= 0.6 is 11.5 Å². The predicted molar refractivity (Wildman–Crippen MR) is 98.2 cm³/mol. The van der Waals surface area contributed by atoms with E-state index in [-0.39, 0.29) is 5.91 Å². The zero-order chi connectivity index (χ0) is 17.6. The lowest BCUT2D eigenvalue weighted by molar-refractivity contribution is 0.0956. The Morgan fingerprint density at radius 3 is 2.84 bits per heavy atom. The van der Waals surface area contributed by atoms with E-state index in [9.17, 15) is 4.79 Å². The monoisotopic (exact) mass is 355 g/mol. The summed E-state index contributed by atoms with van der Waals surface area (Å²) in [5.41, 5.74) is 4.04. The lowest BCUT2D eigenvalue weighted by Gasteiger charge is -2.04. The first-order valence-electron chi connectivity index (χ1n) is 8.39. The van der Waals surface area contributed by atoms with Crippen molar-refractivity contribution in [1.82, 2.24) is 24.7 Å². The lowest BCUT2D eigenvalue weighted by Crippen LogP contribution is -2.24. The summed E-state index contributed by atoms with van der Waals surface area (Å²) >= 11 is 1.15. The van der Waals surface area contributed by atoms with E-state index in [0.29, 0.717) is 11.4 Å². The number of benzene rings is 1. The largest absolute Gasteiger partial charge is 0.351 e. The third kappa shape index (κ3) is 4.11. The molecule has 1 N–H and O–H groups in total. The van der Waals surface area contributed by atoms with E-state index in [1.54, 1.807) is 0 Å². The first-order valence-corrected chi connectivity index (χ1v) is 9.16. The minimum Gasteiger partial charge on any atom is -0.351 e. The molecule has 130 valence electrons. The molecule has 0 saturated carbocycles. The fourth-order valence-corrected chi connectivity index (χ4v) is 3.29. The smallest absolute Gasteiger partial charge is 0.264 e. The van der Waals surface area contributed by atoms with Crippen LogP contribution in [-0.2, 0) is 12.8 Å². The highest BCUT2D eigenvalue weighted by molar-refractivity contribution is 7.08. The summed E-state index contributed by atoms with van der Waals surface area (Å²) in [5.74, 6) is -0.0800. The molecule has 0 aliphatic rings. The van der Waals surface area contributed by atoms with Gasteiger partial charge in [-0.2, -0.15) is 5.10 Å². The van der Waals surface area contributed by atoms with Gasteiger partial charge in [-0.25, -0.2) is 4.68 Å². The van der Waals surface area contributed by atoms with E-state index in [4.69, 9.17) is 0 Å². The maximum absolute atomic E-state index is 12.2. The van der Waals surface area contributed by atoms with Gasteiger partial charge < -0.3 is 5.32 Å². The van der Waals surface area contributed by atoms with E-state index < -0.39 is 0 Å². The summed E-state index contributed by atoms with van der Waals surface area (Å²) in [6.07, 6.45) is 4.52. The van der Waals surface area contributed by atoms with Crippen LogP contribution in [-0.4, -0.2) is 31.8 Å². The summed E-state index contributed by atoms with van der Waals surface area (Å²) in [6, 6.07) is 10.1. The van der Waals surface area contributed by atoms with Crippen LogP contribution in [0.2, 0.25) is 0 Å². The summed E-state index contributed by atoms with van der Waals surface area (Å²) in [4.78, 5) is 12.8. The molecular formula is C18H21N5OS. The Balaban J connectivity index is 1.53. The summed E-state index contributed by atoms with van der Waals surface area (Å²) in [6.45, 7) is 4.61. The van der Waals surface area contributed by atoms with Gasteiger partial charge in [-0.1, -0.05) is 29.6 Å². The van der Waals surface area contributed by atoms with Gasteiger partial charge in [-0.3, -0.25) is 4.79 Å². The Kier molecular flexibility index (Phi) is 5.55. The average molecular weight is 355 g/mol. The first-order chi connectivity index (χ1) is 12.2. The van der Waals surface area contributed by atoms with E-state index in [0.717, 1.165) is 47.9 Å². The molecule has 1 aromatic carbocycles. The molecule has 0 bridgehead atoms. The van der Waals surface area contributed by atoms with Crippen molar-refractivity contribution >= 4 is 17.4 Å². The van der Waals surface area contributed by atoms with Crippen LogP contribution in [0.15, 0.2) is 36.5 Å². The van der Waals surface area contributed by atoms with Crippen molar-refractivity contribution in [1.29, 1.82) is 0 Å². The minimum atomic E-state index is -0.0800. The fourth-order valence-electron chi connectivity index (χ4n) is 2.63. The van der Waals surface area contributed by atoms with Crippen molar-refractivity contribution < 1.29 is 4.79 Å². The Hall–Kier alpha value is -2.54. The number of carbonyl (C=O) groups is 1. The van der Waals surface area contributed by atoms with Gasteiger partial charge in [0.15, 0.2) is 0 Å². The zero-order valence-electron chi connectivity index (χ0n) is 14.4. The zero-order valence-corrected chi connectivity index (χ0v) is 15.2. The van der Waals surface area contributed by atoms with Crippen LogP contribution in [0.3, 0.4) is 0 Å². The average Bonchev–Trinajstić information content (AvgIpc) is 3.26. The van der Waals surface area contributed by atoms with E-state index in [1.165, 1.54) is 5.56 Å². The van der Waals surface area contributed by atoms with Gasteiger partial charge >= 0.3 is 0 Å². The molecule has 2 aromatic heterocycles. The molecule has 0 atom stereocenters. The third-order valence-electron chi connectivity index (χ3n) is 4.03. The Bertz CT molecular complexity index is 840. The Labute approximate surface area is 151 Å². The Morgan fingerprint density at radius 1 is 1.28 bits per heavy atom. The second-order valence-corrected chi connectivity index (χ2v) is 6.54. The van der Waals surface area contributed by atoms with Crippen molar-refractivity contribution in [3.63, 3.8) is 0 Å². The predicted octanol–water partition coefficient (Wildman–Crippen LogP) is 2.96. The highest BCUT2D eigenvalue weighted by Gasteiger charge is 2.14. The van der Waals surface area contributed by atoms with E-state index >= 15 is 0 Å². The Morgan fingerprint density at radius 2 is 2.08 bits per heavy atom. The molecule has 6 nitrogen and oxygen atoms in total. The van der Waals surface area contributed by atoms with Crippen LogP contribution in [0, 0.1) is 6.92 Å². The van der Waals surface area contributed by atoms with Crippen molar-refractivity contribution in [2.24, 2.45) is 0 Å². The molecule has 25 heavy (non-hydrogen) atoms. The molecule has 0 unspecified atom stereocenters. The van der Waals surface area contributed by atoms with Crippen LogP contribution in [0.25, 0.3) is 5.69 Å². The molecule has 0 radical (unpaired) electrons.